The first-order valence-electron chi connectivity index (χ1n) is 1.86. The highest BCUT2D eigenvalue weighted by atomic mass is 32.2. The van der Waals surface area contributed by atoms with E-state index in [4.69, 9.17) is 6.26 Å². The van der Waals surface area contributed by atoms with Crippen molar-refractivity contribution in [3.63, 3.8) is 0 Å². The van der Waals surface area contributed by atoms with Crippen LogP contribution in [-0.4, -0.2) is 17.9 Å². The number of hydrogen-bond donors (Lipinski definition) is 0. The minimum absolute atomic E-state index is 0.939. The van der Waals surface area contributed by atoms with Crippen LogP contribution in [0.1, 0.15) is 6.92 Å². The summed E-state index contributed by atoms with van der Waals surface area (Å²) in [5, 5.41) is 0. The molecule has 0 aromatic rings. The van der Waals surface area contributed by atoms with E-state index in [0.29, 0.717) is 0 Å². The number of rotatable bonds is 2. The van der Waals surface area contributed by atoms with E-state index < -0.39 is 0 Å². The lowest BCUT2D eigenvalue weighted by Gasteiger charge is -2.05. The highest BCUT2D eigenvalue weighted by molar-refractivity contribution is 7.98. The quantitative estimate of drug-likeness (QED) is 0.481. The standard InChI is InChI=1S/C4H8NS/c1-4-5(2)6-3/h4H2,1-2H3. The highest BCUT2D eigenvalue weighted by Crippen LogP contribution is 1.99. The molecule has 0 aliphatic carbocycles. The molecule has 0 N–H and O–H groups in total. The van der Waals surface area contributed by atoms with Crippen molar-refractivity contribution in [1.82, 2.24) is 4.31 Å². The second-order valence-corrected chi connectivity index (χ2v) is 1.84. The number of hydrogen-bond acceptors (Lipinski definition) is 2. The van der Waals surface area contributed by atoms with Crippen LogP contribution in [0.2, 0.25) is 0 Å². The average Bonchev–Trinajstić information content (AvgIpc) is 1.65. The van der Waals surface area contributed by atoms with E-state index in [0.717, 1.165) is 18.5 Å². The van der Waals surface area contributed by atoms with Crippen molar-refractivity contribution < 1.29 is 0 Å². The van der Waals surface area contributed by atoms with E-state index in [1.807, 2.05) is 18.3 Å². The van der Waals surface area contributed by atoms with Crippen LogP contribution in [-0.2, 0) is 0 Å². The van der Waals surface area contributed by atoms with Gasteiger partial charge < -0.3 is 0 Å². The largest absolute Gasteiger partial charge is 0.253 e. The van der Waals surface area contributed by atoms with Gasteiger partial charge in [0, 0.05) is 6.54 Å². The predicted molar refractivity (Wildman–Crippen MR) is 29.1 cm³/mol. The van der Waals surface area contributed by atoms with E-state index in [2.05, 4.69) is 0 Å². The first-order chi connectivity index (χ1) is 2.81. The minimum atomic E-state index is 0.939. The van der Waals surface area contributed by atoms with Gasteiger partial charge in [0.1, 0.15) is 0 Å². The van der Waals surface area contributed by atoms with E-state index >= 15 is 0 Å². The first-order valence-corrected chi connectivity index (χ1v) is 2.63. The molecule has 3 radical (unpaired) electrons. The van der Waals surface area contributed by atoms with Crippen molar-refractivity contribution in [2.75, 3.05) is 13.6 Å². The van der Waals surface area contributed by atoms with Crippen LogP contribution in [0.25, 0.3) is 0 Å². The third-order valence-corrected chi connectivity index (χ3v) is 1.17. The zero-order valence-corrected chi connectivity index (χ0v) is 4.88. The summed E-state index contributed by atoms with van der Waals surface area (Å²) in [7, 11) is 1.89. The maximum absolute atomic E-state index is 6.65. The summed E-state index contributed by atoms with van der Waals surface area (Å²) in [6.45, 7) is 2.95. The van der Waals surface area contributed by atoms with Crippen LogP contribution in [0.3, 0.4) is 0 Å². The molecule has 0 spiro atoms. The van der Waals surface area contributed by atoms with E-state index in [1.54, 1.807) is 0 Å². The fraction of sp³-hybridized carbons (Fsp3) is 0.750. The second-order valence-electron chi connectivity index (χ2n) is 1.04. The predicted octanol–water partition coefficient (Wildman–Crippen LogP) is 1.13. The SMILES string of the molecule is [C]SN(C)CC. The molecule has 0 heterocycles. The fourth-order valence-electron chi connectivity index (χ4n) is 0.0645. The van der Waals surface area contributed by atoms with Gasteiger partial charge in [0.05, 0.1) is 6.26 Å². The molecule has 0 aromatic carbocycles. The smallest absolute Gasteiger partial charge is 0.0874 e. The van der Waals surface area contributed by atoms with Gasteiger partial charge in [0.15, 0.2) is 0 Å². The van der Waals surface area contributed by atoms with Crippen LogP contribution in [0, 0.1) is 6.26 Å². The molecule has 0 amide bonds. The normalized spacial score (nSPS) is 10.0. The molecule has 0 unspecified atom stereocenters. The molecular formula is C4H8NS. The van der Waals surface area contributed by atoms with Crippen molar-refractivity contribution in [3.05, 3.63) is 6.26 Å². The fourth-order valence-corrected chi connectivity index (χ4v) is 0.194. The molecule has 1 nitrogen and oxygen atoms in total. The molecule has 0 atom stereocenters. The molecule has 0 saturated carbocycles. The van der Waals surface area contributed by atoms with Gasteiger partial charge in [-0.05, 0) is 7.05 Å². The Morgan fingerprint density at radius 1 is 1.83 bits per heavy atom. The molecule has 0 fully saturated rings. The van der Waals surface area contributed by atoms with Crippen molar-refractivity contribution in [1.29, 1.82) is 0 Å². The van der Waals surface area contributed by atoms with Gasteiger partial charge in [0.2, 0.25) is 0 Å². The average molecular weight is 102 g/mol. The number of nitrogens with zero attached hydrogens (tertiary/aromatic N) is 1. The Hall–Kier alpha value is 0.310. The summed E-state index contributed by atoms with van der Waals surface area (Å²) >= 11 is 1.01. The molecule has 0 saturated heterocycles. The van der Waals surface area contributed by atoms with E-state index in [-0.39, 0.29) is 0 Å². The molecule has 0 bridgehead atoms. The molecule has 0 aliphatic rings. The van der Waals surface area contributed by atoms with Crippen molar-refractivity contribution in [2.45, 2.75) is 6.92 Å². The Kier molecular flexibility index (Phi) is 3.68. The van der Waals surface area contributed by atoms with Crippen LogP contribution < -0.4 is 0 Å². The molecular weight excluding hydrogens is 94.1 g/mol. The van der Waals surface area contributed by atoms with Crippen LogP contribution in [0.15, 0.2) is 0 Å². The zero-order chi connectivity index (χ0) is 4.99. The Morgan fingerprint density at radius 3 is 2.33 bits per heavy atom. The summed E-state index contributed by atoms with van der Waals surface area (Å²) in [5.74, 6) is 0. The van der Waals surface area contributed by atoms with Gasteiger partial charge in [-0.1, -0.05) is 18.9 Å². The third-order valence-electron chi connectivity index (χ3n) is 0.601. The zero-order valence-electron chi connectivity index (χ0n) is 4.06. The molecule has 35 valence electrons. The lowest BCUT2D eigenvalue weighted by Crippen LogP contribution is -2.04. The summed E-state index contributed by atoms with van der Waals surface area (Å²) < 4.78 is 1.83. The van der Waals surface area contributed by atoms with E-state index in [1.165, 1.54) is 0 Å². The molecule has 0 aromatic heterocycles. The Morgan fingerprint density at radius 2 is 2.33 bits per heavy atom. The first kappa shape index (κ1) is 6.31. The molecule has 2 heteroatoms. The maximum Gasteiger partial charge on any atom is 0.0874 e. The second kappa shape index (κ2) is 3.50. The Balaban J connectivity index is 2.75. The summed E-state index contributed by atoms with van der Waals surface area (Å²) in [6.07, 6.45) is 6.65. The minimum Gasteiger partial charge on any atom is -0.253 e. The lowest BCUT2D eigenvalue weighted by molar-refractivity contribution is 0.606. The van der Waals surface area contributed by atoms with Crippen LogP contribution >= 0.6 is 11.9 Å². The Bertz CT molecular complexity index is 26.7. The topological polar surface area (TPSA) is 3.24 Å². The van der Waals surface area contributed by atoms with Crippen molar-refractivity contribution in [3.8, 4) is 0 Å². The van der Waals surface area contributed by atoms with Crippen LogP contribution in [0.4, 0.5) is 0 Å². The molecule has 6 heavy (non-hydrogen) atoms. The van der Waals surface area contributed by atoms with Gasteiger partial charge >= 0.3 is 0 Å². The maximum atomic E-state index is 6.65. The molecule has 0 rings (SSSR count). The van der Waals surface area contributed by atoms with Gasteiger partial charge in [0.25, 0.3) is 0 Å². The summed E-state index contributed by atoms with van der Waals surface area (Å²) in [5.41, 5.74) is 0. The summed E-state index contributed by atoms with van der Waals surface area (Å²) in [4.78, 5) is 0. The van der Waals surface area contributed by atoms with Gasteiger partial charge in [-0.3, -0.25) is 4.31 Å². The van der Waals surface area contributed by atoms with E-state index in [9.17, 15) is 0 Å². The highest BCUT2D eigenvalue weighted by Gasteiger charge is 1.83. The van der Waals surface area contributed by atoms with Crippen LogP contribution in [0.5, 0.6) is 0 Å². The van der Waals surface area contributed by atoms with Gasteiger partial charge in [-0.25, -0.2) is 0 Å². The lowest BCUT2D eigenvalue weighted by atomic mass is 10.8. The summed E-state index contributed by atoms with van der Waals surface area (Å²) in [6, 6.07) is 0. The monoisotopic (exact) mass is 102 g/mol. The van der Waals surface area contributed by atoms with Gasteiger partial charge in [-0.2, -0.15) is 0 Å². The van der Waals surface area contributed by atoms with Gasteiger partial charge in [-0.15, -0.1) is 0 Å². The van der Waals surface area contributed by atoms with Crippen molar-refractivity contribution >= 4 is 11.9 Å². The van der Waals surface area contributed by atoms with Crippen molar-refractivity contribution in [2.24, 2.45) is 0 Å². The Labute approximate surface area is 43.9 Å². The molecule has 0 aliphatic heterocycles. The third kappa shape index (κ3) is 2.54.